The number of ether oxygens (including phenoxy) is 1. The molecule has 11 nitrogen and oxygen atoms in total. The fraction of sp³-hybridized carbons (Fsp3) is 0.259. The number of alkyl carbamates (subject to hydrolysis) is 1. The first-order valence-electron chi connectivity index (χ1n) is 12.2. The third kappa shape index (κ3) is 6.22. The number of sulfonamides is 1. The van der Waals surface area contributed by atoms with Crippen LogP contribution in [-0.4, -0.2) is 62.1 Å². The number of nitrogens with one attached hydrogen (secondary N) is 2. The predicted molar refractivity (Wildman–Crippen MR) is 148 cm³/mol. The van der Waals surface area contributed by atoms with Gasteiger partial charge in [0.25, 0.3) is 11.8 Å². The molecule has 0 unspecified atom stereocenters. The Bertz CT molecular complexity index is 1550. The van der Waals surface area contributed by atoms with E-state index in [1.165, 1.54) is 42.5 Å². The Morgan fingerprint density at radius 2 is 1.70 bits per heavy atom. The summed E-state index contributed by atoms with van der Waals surface area (Å²) in [5.41, 5.74) is 1.77. The lowest BCUT2D eigenvalue weighted by atomic mass is 10.0. The van der Waals surface area contributed by atoms with Crippen molar-refractivity contribution in [3.8, 4) is 0 Å². The molecule has 3 aromatic rings. The van der Waals surface area contributed by atoms with Crippen LogP contribution in [0.2, 0.25) is 0 Å². The lowest BCUT2D eigenvalue weighted by molar-refractivity contribution is -0.129. The minimum Gasteiger partial charge on any atom is -0.453 e. The highest BCUT2D eigenvalue weighted by Gasteiger charge is 2.30. The molecule has 4 amide bonds. The minimum absolute atomic E-state index is 0.0246. The number of hydrogen-bond donors (Lipinski definition) is 2. The van der Waals surface area contributed by atoms with Crippen LogP contribution in [0.5, 0.6) is 0 Å². The number of nitrogens with zero attached hydrogens (tertiary/aromatic N) is 2. The Morgan fingerprint density at radius 1 is 1.02 bits per heavy atom. The van der Waals surface area contributed by atoms with E-state index >= 15 is 0 Å². The topological polar surface area (TPSA) is 142 Å². The van der Waals surface area contributed by atoms with Gasteiger partial charge in [0.2, 0.25) is 15.9 Å². The standard InChI is InChI=1S/C27H28N4O7S2/c1-17(32)31-14-13-21-22(16-31)39-26(23(21)25(34)29-27(35)38-3)28-24(33)19-9-11-20(12-10-19)40(36,37)30(2)15-18-7-5-4-6-8-18/h4-12H,13-16H2,1-3H3,(H,28,33)(H,29,34,35). The fourth-order valence-electron chi connectivity index (χ4n) is 4.27. The molecule has 1 aliphatic rings. The third-order valence-corrected chi connectivity index (χ3v) is 9.38. The summed E-state index contributed by atoms with van der Waals surface area (Å²) in [6.07, 6.45) is -0.578. The van der Waals surface area contributed by atoms with Crippen LogP contribution in [0.4, 0.5) is 9.80 Å². The molecule has 210 valence electrons. The summed E-state index contributed by atoms with van der Waals surface area (Å²) in [6.45, 7) is 2.30. The number of carbonyl (C=O) groups excluding carboxylic acids is 4. The van der Waals surface area contributed by atoms with Gasteiger partial charge in [-0.2, -0.15) is 4.31 Å². The molecule has 0 atom stereocenters. The van der Waals surface area contributed by atoms with E-state index in [0.717, 1.165) is 28.9 Å². The largest absolute Gasteiger partial charge is 0.453 e. The van der Waals surface area contributed by atoms with E-state index in [1.54, 1.807) is 4.90 Å². The summed E-state index contributed by atoms with van der Waals surface area (Å²) in [6, 6.07) is 14.6. The SMILES string of the molecule is COC(=O)NC(=O)c1c(NC(=O)c2ccc(S(=O)(=O)N(C)Cc3ccccc3)cc2)sc2c1CCN(C(C)=O)C2. The summed E-state index contributed by atoms with van der Waals surface area (Å²) in [5, 5.41) is 5.05. The van der Waals surface area contributed by atoms with Crippen molar-refractivity contribution in [1.82, 2.24) is 14.5 Å². The number of fused-ring (bicyclic) bond motifs is 1. The van der Waals surface area contributed by atoms with Gasteiger partial charge in [0.05, 0.1) is 24.1 Å². The highest BCUT2D eigenvalue weighted by molar-refractivity contribution is 7.89. The molecule has 0 aliphatic carbocycles. The number of carbonyl (C=O) groups is 4. The normalized spacial score (nSPS) is 12.9. The first-order chi connectivity index (χ1) is 19.0. The maximum absolute atomic E-state index is 13.1. The third-order valence-electron chi connectivity index (χ3n) is 6.43. The van der Waals surface area contributed by atoms with Gasteiger partial charge >= 0.3 is 6.09 Å². The summed E-state index contributed by atoms with van der Waals surface area (Å²) >= 11 is 1.14. The molecule has 0 saturated heterocycles. The van der Waals surface area contributed by atoms with Crippen LogP contribution < -0.4 is 10.6 Å². The van der Waals surface area contributed by atoms with Crippen molar-refractivity contribution >= 4 is 50.2 Å². The summed E-state index contributed by atoms with van der Waals surface area (Å²) in [5.74, 6) is -1.43. The summed E-state index contributed by atoms with van der Waals surface area (Å²) in [4.78, 5) is 52.0. The molecular formula is C27H28N4O7S2. The Hall–Kier alpha value is -4.07. The first kappa shape index (κ1) is 28.9. The molecule has 40 heavy (non-hydrogen) atoms. The van der Waals surface area contributed by atoms with Crippen molar-refractivity contribution in [2.75, 3.05) is 26.0 Å². The van der Waals surface area contributed by atoms with Gasteiger partial charge in [0.1, 0.15) is 5.00 Å². The number of methoxy groups -OCH3 is 1. The molecule has 0 spiro atoms. The highest BCUT2D eigenvalue weighted by atomic mass is 32.2. The number of benzene rings is 2. The Labute approximate surface area is 235 Å². The lowest BCUT2D eigenvalue weighted by Crippen LogP contribution is -2.35. The van der Waals surface area contributed by atoms with E-state index < -0.39 is 27.9 Å². The van der Waals surface area contributed by atoms with Crippen molar-refractivity contribution in [3.63, 3.8) is 0 Å². The van der Waals surface area contributed by atoms with Crippen LogP contribution in [0.3, 0.4) is 0 Å². The molecule has 0 saturated carbocycles. The second-order valence-corrected chi connectivity index (χ2v) is 12.2. The quantitative estimate of drug-likeness (QED) is 0.434. The molecule has 13 heteroatoms. The Balaban J connectivity index is 1.56. The van der Waals surface area contributed by atoms with Crippen LogP contribution in [-0.2, 0) is 39.1 Å². The molecule has 1 aromatic heterocycles. The van der Waals surface area contributed by atoms with E-state index in [-0.39, 0.29) is 40.0 Å². The van der Waals surface area contributed by atoms with E-state index in [1.807, 2.05) is 30.3 Å². The van der Waals surface area contributed by atoms with E-state index in [2.05, 4.69) is 15.4 Å². The van der Waals surface area contributed by atoms with Gasteiger partial charge in [-0.15, -0.1) is 11.3 Å². The van der Waals surface area contributed by atoms with Gasteiger partial charge < -0.3 is 15.0 Å². The smallest absolute Gasteiger partial charge is 0.413 e. The lowest BCUT2D eigenvalue weighted by Gasteiger charge is -2.25. The van der Waals surface area contributed by atoms with Crippen LogP contribution in [0.15, 0.2) is 59.5 Å². The van der Waals surface area contributed by atoms with Gasteiger partial charge in [0, 0.05) is 37.5 Å². The molecule has 1 aliphatic heterocycles. The minimum atomic E-state index is -3.81. The van der Waals surface area contributed by atoms with Crippen molar-refractivity contribution in [2.45, 2.75) is 31.3 Å². The van der Waals surface area contributed by atoms with Gasteiger partial charge in [-0.1, -0.05) is 30.3 Å². The maximum atomic E-state index is 13.1. The zero-order valence-corrected chi connectivity index (χ0v) is 23.7. The van der Waals surface area contributed by atoms with Crippen molar-refractivity contribution in [3.05, 3.63) is 81.7 Å². The molecule has 2 heterocycles. The zero-order valence-electron chi connectivity index (χ0n) is 22.1. The first-order valence-corrected chi connectivity index (χ1v) is 14.5. The monoisotopic (exact) mass is 584 g/mol. The molecule has 2 aromatic carbocycles. The second-order valence-electron chi connectivity index (χ2n) is 9.07. The number of rotatable bonds is 7. The fourth-order valence-corrected chi connectivity index (χ4v) is 6.68. The molecular weight excluding hydrogens is 556 g/mol. The van der Waals surface area contributed by atoms with E-state index in [0.29, 0.717) is 18.5 Å². The molecule has 0 bridgehead atoms. The Morgan fingerprint density at radius 3 is 2.33 bits per heavy atom. The summed E-state index contributed by atoms with van der Waals surface area (Å²) in [7, 11) is -1.20. The van der Waals surface area contributed by atoms with Crippen LogP contribution in [0, 0.1) is 0 Å². The molecule has 4 rings (SSSR count). The average molecular weight is 585 g/mol. The van der Waals surface area contributed by atoms with E-state index in [4.69, 9.17) is 0 Å². The maximum Gasteiger partial charge on any atom is 0.413 e. The zero-order chi connectivity index (χ0) is 29.0. The Kier molecular flexibility index (Phi) is 8.67. The number of imide groups is 1. The second kappa shape index (κ2) is 12.0. The van der Waals surface area contributed by atoms with Crippen LogP contribution >= 0.6 is 11.3 Å². The number of hydrogen-bond acceptors (Lipinski definition) is 8. The predicted octanol–water partition coefficient (Wildman–Crippen LogP) is 3.22. The summed E-state index contributed by atoms with van der Waals surface area (Å²) < 4.78 is 31.8. The van der Waals surface area contributed by atoms with Gasteiger partial charge in [-0.3, -0.25) is 19.7 Å². The number of anilines is 1. The number of thiophene rings is 1. The van der Waals surface area contributed by atoms with Crippen molar-refractivity contribution < 1.29 is 32.3 Å². The van der Waals surface area contributed by atoms with Crippen molar-refractivity contribution in [2.24, 2.45) is 0 Å². The molecule has 2 N–H and O–H groups in total. The van der Waals surface area contributed by atoms with Crippen LogP contribution in [0.1, 0.15) is 43.6 Å². The van der Waals surface area contributed by atoms with Gasteiger partial charge in [-0.25, -0.2) is 13.2 Å². The number of amides is 4. The molecule has 0 fully saturated rings. The van der Waals surface area contributed by atoms with Gasteiger partial charge in [-0.05, 0) is 41.8 Å². The van der Waals surface area contributed by atoms with Gasteiger partial charge in [0.15, 0.2) is 0 Å². The highest BCUT2D eigenvalue weighted by Crippen LogP contribution is 2.37. The molecule has 0 radical (unpaired) electrons. The van der Waals surface area contributed by atoms with E-state index in [9.17, 15) is 27.6 Å². The average Bonchev–Trinajstić information content (AvgIpc) is 3.30. The van der Waals surface area contributed by atoms with Crippen molar-refractivity contribution in [1.29, 1.82) is 0 Å². The van der Waals surface area contributed by atoms with Crippen LogP contribution in [0.25, 0.3) is 0 Å².